The van der Waals surface area contributed by atoms with E-state index in [0.29, 0.717) is 11.0 Å². The van der Waals surface area contributed by atoms with Crippen molar-refractivity contribution in [1.29, 1.82) is 0 Å². The zero-order valence-corrected chi connectivity index (χ0v) is 16.1. The Balaban J connectivity index is 1.62. The van der Waals surface area contributed by atoms with Gasteiger partial charge in [-0.25, -0.2) is 4.98 Å². The second-order valence-electron chi connectivity index (χ2n) is 5.43. The lowest BCUT2D eigenvalue weighted by Gasteiger charge is -2.05. The van der Waals surface area contributed by atoms with Crippen LogP contribution in [0.5, 0.6) is 0 Å². The average molecular weight is 418 g/mol. The molecule has 1 aromatic carbocycles. The molecule has 25 heavy (non-hydrogen) atoms. The van der Waals surface area contributed by atoms with Crippen molar-refractivity contribution >= 4 is 39.4 Å². The first-order valence-corrected chi connectivity index (χ1v) is 9.31. The molecule has 128 valence electrons. The third-order valence-electron chi connectivity index (χ3n) is 3.47. The van der Waals surface area contributed by atoms with Gasteiger partial charge in [0.15, 0.2) is 11.0 Å². The molecule has 0 aliphatic heterocycles. The summed E-state index contributed by atoms with van der Waals surface area (Å²) >= 11 is 4.65. The molecule has 3 aromatic rings. The van der Waals surface area contributed by atoms with Crippen molar-refractivity contribution in [3.63, 3.8) is 0 Å². The number of aromatic nitrogens is 4. The van der Waals surface area contributed by atoms with Gasteiger partial charge < -0.3 is 9.88 Å². The van der Waals surface area contributed by atoms with Crippen LogP contribution in [0, 0.1) is 6.92 Å². The van der Waals surface area contributed by atoms with Gasteiger partial charge in [0, 0.05) is 23.3 Å². The Morgan fingerprint density at radius 1 is 1.20 bits per heavy atom. The predicted molar refractivity (Wildman–Crippen MR) is 102 cm³/mol. The molecule has 3 rings (SSSR count). The molecule has 1 amide bonds. The Hall–Kier alpha value is -2.19. The highest BCUT2D eigenvalue weighted by atomic mass is 79.9. The molecular weight excluding hydrogens is 402 g/mol. The van der Waals surface area contributed by atoms with Gasteiger partial charge in [-0.1, -0.05) is 41.6 Å². The number of rotatable bonds is 5. The minimum Gasteiger partial charge on any atom is -0.310 e. The lowest BCUT2D eigenvalue weighted by Crippen LogP contribution is -2.15. The zero-order chi connectivity index (χ0) is 17.8. The van der Waals surface area contributed by atoms with Crippen LogP contribution in [0.3, 0.4) is 0 Å². The van der Waals surface area contributed by atoms with Crippen LogP contribution in [-0.4, -0.2) is 31.4 Å². The number of carbonyl (C=O) groups excluding carboxylic acids is 1. The highest BCUT2D eigenvalue weighted by molar-refractivity contribution is 9.10. The Bertz CT molecular complexity index is 877. The van der Waals surface area contributed by atoms with Crippen LogP contribution >= 0.6 is 27.7 Å². The largest absolute Gasteiger partial charge is 0.310 e. The number of halogens is 1. The average Bonchev–Trinajstić information content (AvgIpc) is 2.97. The van der Waals surface area contributed by atoms with E-state index in [0.717, 1.165) is 15.9 Å². The lowest BCUT2D eigenvalue weighted by atomic mass is 10.1. The van der Waals surface area contributed by atoms with Crippen LogP contribution < -0.4 is 5.32 Å². The molecule has 0 aliphatic rings. The standard InChI is InChI=1S/C17H16BrN5OS/c1-11-3-5-12(6-4-11)16-21-22-17(23(16)2)25-10-15(24)20-14-8-7-13(18)9-19-14/h3-9H,10H2,1-2H3,(H,19,20,24). The summed E-state index contributed by atoms with van der Waals surface area (Å²) in [6.45, 7) is 2.04. The highest BCUT2D eigenvalue weighted by Crippen LogP contribution is 2.23. The summed E-state index contributed by atoms with van der Waals surface area (Å²) < 4.78 is 2.75. The van der Waals surface area contributed by atoms with E-state index in [9.17, 15) is 4.79 Å². The fraction of sp³-hybridized carbons (Fsp3) is 0.176. The second-order valence-corrected chi connectivity index (χ2v) is 7.29. The lowest BCUT2D eigenvalue weighted by molar-refractivity contribution is -0.113. The minimum atomic E-state index is -0.139. The summed E-state index contributed by atoms with van der Waals surface area (Å²) in [7, 11) is 1.89. The molecule has 0 saturated carbocycles. The number of thioether (sulfide) groups is 1. The van der Waals surface area contributed by atoms with Gasteiger partial charge in [-0.2, -0.15) is 0 Å². The minimum absolute atomic E-state index is 0.139. The molecule has 0 radical (unpaired) electrons. The molecule has 2 aromatic heterocycles. The van der Waals surface area contributed by atoms with Crippen LogP contribution in [0.25, 0.3) is 11.4 Å². The Kier molecular flexibility index (Phi) is 5.50. The normalized spacial score (nSPS) is 10.7. The quantitative estimate of drug-likeness (QED) is 0.640. The van der Waals surface area contributed by atoms with Gasteiger partial charge in [0.2, 0.25) is 5.91 Å². The number of pyridine rings is 1. The van der Waals surface area contributed by atoms with Gasteiger partial charge in [0.25, 0.3) is 0 Å². The number of nitrogens with one attached hydrogen (secondary N) is 1. The molecule has 0 unspecified atom stereocenters. The van der Waals surface area contributed by atoms with E-state index in [2.05, 4.69) is 36.4 Å². The van der Waals surface area contributed by atoms with E-state index in [1.807, 2.05) is 48.9 Å². The van der Waals surface area contributed by atoms with Crippen LogP contribution in [-0.2, 0) is 11.8 Å². The van der Waals surface area contributed by atoms with Crippen molar-refractivity contribution < 1.29 is 4.79 Å². The third kappa shape index (κ3) is 4.46. The van der Waals surface area contributed by atoms with Crippen LogP contribution in [0.4, 0.5) is 5.82 Å². The predicted octanol–water partition coefficient (Wildman–Crippen LogP) is 3.68. The Morgan fingerprint density at radius 2 is 1.96 bits per heavy atom. The van der Waals surface area contributed by atoms with E-state index >= 15 is 0 Å². The van der Waals surface area contributed by atoms with Crippen LogP contribution in [0.15, 0.2) is 52.2 Å². The molecule has 0 aliphatic carbocycles. The van der Waals surface area contributed by atoms with Crippen LogP contribution in [0.2, 0.25) is 0 Å². The topological polar surface area (TPSA) is 72.7 Å². The molecule has 0 fully saturated rings. The van der Waals surface area contributed by atoms with Crippen molar-refractivity contribution in [2.75, 3.05) is 11.1 Å². The Labute approximate surface area is 158 Å². The van der Waals surface area contributed by atoms with Crippen LogP contribution in [0.1, 0.15) is 5.56 Å². The van der Waals surface area contributed by atoms with Crippen molar-refractivity contribution in [2.45, 2.75) is 12.1 Å². The molecule has 0 saturated heterocycles. The first-order chi connectivity index (χ1) is 12.0. The van der Waals surface area contributed by atoms with Gasteiger partial charge in [-0.15, -0.1) is 10.2 Å². The molecule has 8 heteroatoms. The molecule has 2 heterocycles. The highest BCUT2D eigenvalue weighted by Gasteiger charge is 2.13. The van der Waals surface area contributed by atoms with Gasteiger partial charge in [0.1, 0.15) is 5.82 Å². The summed E-state index contributed by atoms with van der Waals surface area (Å²) in [5, 5.41) is 11.9. The summed E-state index contributed by atoms with van der Waals surface area (Å²) in [6, 6.07) is 11.7. The van der Waals surface area contributed by atoms with E-state index in [-0.39, 0.29) is 11.7 Å². The second kappa shape index (κ2) is 7.79. The summed E-state index contributed by atoms with van der Waals surface area (Å²) in [6.07, 6.45) is 1.64. The van der Waals surface area contributed by atoms with E-state index in [4.69, 9.17) is 0 Å². The molecule has 0 spiro atoms. The van der Waals surface area contributed by atoms with Crippen molar-refractivity contribution in [3.05, 3.63) is 52.6 Å². The number of aryl methyl sites for hydroxylation is 1. The number of hydrogen-bond acceptors (Lipinski definition) is 5. The zero-order valence-electron chi connectivity index (χ0n) is 13.7. The van der Waals surface area contributed by atoms with Crippen molar-refractivity contribution in [2.24, 2.45) is 7.05 Å². The third-order valence-corrected chi connectivity index (χ3v) is 4.96. The summed E-state index contributed by atoms with van der Waals surface area (Å²) in [4.78, 5) is 16.2. The van der Waals surface area contributed by atoms with E-state index < -0.39 is 0 Å². The van der Waals surface area contributed by atoms with E-state index in [1.165, 1.54) is 17.3 Å². The van der Waals surface area contributed by atoms with Gasteiger partial charge in [-0.05, 0) is 35.0 Å². The van der Waals surface area contributed by atoms with Gasteiger partial charge >= 0.3 is 0 Å². The fourth-order valence-corrected chi connectivity index (χ4v) is 3.10. The molecule has 0 bridgehead atoms. The smallest absolute Gasteiger partial charge is 0.236 e. The molecule has 1 N–H and O–H groups in total. The number of hydrogen-bond donors (Lipinski definition) is 1. The molecular formula is C17H16BrN5OS. The van der Waals surface area contributed by atoms with Gasteiger partial charge in [0.05, 0.1) is 5.75 Å². The Morgan fingerprint density at radius 3 is 2.64 bits per heavy atom. The van der Waals surface area contributed by atoms with Crippen molar-refractivity contribution in [3.8, 4) is 11.4 Å². The molecule has 6 nitrogen and oxygen atoms in total. The number of benzene rings is 1. The fourth-order valence-electron chi connectivity index (χ4n) is 2.15. The molecule has 0 atom stereocenters. The number of anilines is 1. The first kappa shape index (κ1) is 17.6. The summed E-state index contributed by atoms with van der Waals surface area (Å²) in [5.74, 6) is 1.39. The SMILES string of the molecule is Cc1ccc(-c2nnc(SCC(=O)Nc3ccc(Br)cn3)n2C)cc1. The first-order valence-electron chi connectivity index (χ1n) is 7.53. The van der Waals surface area contributed by atoms with E-state index in [1.54, 1.807) is 12.3 Å². The van der Waals surface area contributed by atoms with Crippen molar-refractivity contribution in [1.82, 2.24) is 19.7 Å². The number of nitrogens with zero attached hydrogens (tertiary/aromatic N) is 4. The summed E-state index contributed by atoms with van der Waals surface area (Å²) in [5.41, 5.74) is 2.19. The maximum atomic E-state index is 12.1. The monoisotopic (exact) mass is 417 g/mol. The van der Waals surface area contributed by atoms with Gasteiger partial charge in [-0.3, -0.25) is 4.79 Å². The number of carbonyl (C=O) groups is 1. The maximum Gasteiger partial charge on any atom is 0.236 e. The maximum absolute atomic E-state index is 12.1. The number of amides is 1.